The summed E-state index contributed by atoms with van der Waals surface area (Å²) in [6.07, 6.45) is 7.58. The Kier molecular flexibility index (Phi) is 5.93. The number of nitrogens with one attached hydrogen (secondary N) is 1. The molecular weight excluding hydrogens is 224 g/mol. The van der Waals surface area contributed by atoms with E-state index in [1.54, 1.807) is 0 Å². The molecule has 0 bridgehead atoms. The van der Waals surface area contributed by atoms with Crippen molar-refractivity contribution in [3.8, 4) is 0 Å². The molecule has 3 unspecified atom stereocenters. The molecule has 0 aromatic heterocycles. The van der Waals surface area contributed by atoms with Crippen LogP contribution in [0.25, 0.3) is 0 Å². The minimum Gasteiger partial charge on any atom is -0.372 e. The summed E-state index contributed by atoms with van der Waals surface area (Å²) in [6, 6.07) is 0. The molecule has 0 aromatic carbocycles. The SMILES string of the molecule is CCNCC1CCC(CN2CCCC(C)CC2)O1. The zero-order valence-corrected chi connectivity index (χ0v) is 12.2. The van der Waals surface area contributed by atoms with Crippen LogP contribution in [0.2, 0.25) is 0 Å². The molecule has 0 aromatic rings. The van der Waals surface area contributed by atoms with Crippen LogP contribution in [0.5, 0.6) is 0 Å². The molecule has 0 aliphatic carbocycles. The summed E-state index contributed by atoms with van der Waals surface area (Å²) in [5, 5.41) is 3.39. The number of rotatable bonds is 5. The monoisotopic (exact) mass is 254 g/mol. The average Bonchev–Trinajstić information content (AvgIpc) is 2.70. The fraction of sp³-hybridized carbons (Fsp3) is 1.00. The van der Waals surface area contributed by atoms with E-state index in [2.05, 4.69) is 24.1 Å². The third-order valence-electron chi connectivity index (χ3n) is 4.39. The van der Waals surface area contributed by atoms with Crippen LogP contribution in [0.1, 0.15) is 46.0 Å². The number of likely N-dealkylation sites (N-methyl/N-ethyl adjacent to an activating group) is 1. The van der Waals surface area contributed by atoms with E-state index in [1.165, 1.54) is 45.2 Å². The number of likely N-dealkylation sites (tertiary alicyclic amines) is 1. The van der Waals surface area contributed by atoms with Gasteiger partial charge in [0.1, 0.15) is 0 Å². The zero-order chi connectivity index (χ0) is 12.8. The average molecular weight is 254 g/mol. The minimum atomic E-state index is 0.459. The standard InChI is InChI=1S/C15H30N2O/c1-3-16-11-14-6-7-15(18-14)12-17-9-4-5-13(2)8-10-17/h13-16H,3-12H2,1-2H3. The molecule has 1 N–H and O–H groups in total. The Labute approximate surface area is 112 Å². The Morgan fingerprint density at radius 1 is 1.11 bits per heavy atom. The van der Waals surface area contributed by atoms with Crippen molar-refractivity contribution in [2.24, 2.45) is 5.92 Å². The highest BCUT2D eigenvalue weighted by Gasteiger charge is 2.27. The van der Waals surface area contributed by atoms with Gasteiger partial charge in [0.25, 0.3) is 0 Å². The lowest BCUT2D eigenvalue weighted by Crippen LogP contribution is -2.34. The number of nitrogens with zero attached hydrogens (tertiary/aromatic N) is 1. The van der Waals surface area contributed by atoms with Crippen LogP contribution in [0.4, 0.5) is 0 Å². The molecule has 0 amide bonds. The number of hydrogen-bond acceptors (Lipinski definition) is 3. The van der Waals surface area contributed by atoms with Crippen LogP contribution < -0.4 is 5.32 Å². The summed E-state index contributed by atoms with van der Waals surface area (Å²) in [5.41, 5.74) is 0. The van der Waals surface area contributed by atoms with E-state index in [9.17, 15) is 0 Å². The first-order valence-electron chi connectivity index (χ1n) is 7.86. The topological polar surface area (TPSA) is 24.5 Å². The van der Waals surface area contributed by atoms with Gasteiger partial charge in [-0.25, -0.2) is 0 Å². The lowest BCUT2D eigenvalue weighted by molar-refractivity contribution is 0.0240. The third-order valence-corrected chi connectivity index (χ3v) is 4.39. The lowest BCUT2D eigenvalue weighted by atomic mass is 10.0. The van der Waals surface area contributed by atoms with Gasteiger partial charge < -0.3 is 15.0 Å². The molecule has 3 nitrogen and oxygen atoms in total. The Bertz CT molecular complexity index is 235. The van der Waals surface area contributed by atoms with Crippen molar-refractivity contribution in [2.45, 2.75) is 58.2 Å². The molecule has 3 atom stereocenters. The second-order valence-electron chi connectivity index (χ2n) is 6.10. The minimum absolute atomic E-state index is 0.459. The van der Waals surface area contributed by atoms with Crippen LogP contribution in [0, 0.1) is 5.92 Å². The molecule has 0 spiro atoms. The van der Waals surface area contributed by atoms with Gasteiger partial charge in [-0.1, -0.05) is 13.8 Å². The quantitative estimate of drug-likeness (QED) is 0.814. The summed E-state index contributed by atoms with van der Waals surface area (Å²) in [4.78, 5) is 2.63. The summed E-state index contributed by atoms with van der Waals surface area (Å²) in [6.45, 7) is 10.3. The molecular formula is C15H30N2O. The Morgan fingerprint density at radius 3 is 2.78 bits per heavy atom. The fourth-order valence-electron chi connectivity index (χ4n) is 3.16. The summed E-state index contributed by atoms with van der Waals surface area (Å²) < 4.78 is 6.13. The molecule has 0 radical (unpaired) electrons. The normalized spacial score (nSPS) is 34.7. The van der Waals surface area contributed by atoms with Gasteiger partial charge in [-0.15, -0.1) is 0 Å². The van der Waals surface area contributed by atoms with Crippen LogP contribution in [0.3, 0.4) is 0 Å². The van der Waals surface area contributed by atoms with E-state index in [4.69, 9.17) is 4.74 Å². The van der Waals surface area contributed by atoms with Gasteiger partial charge in [0.2, 0.25) is 0 Å². The van der Waals surface area contributed by atoms with Gasteiger partial charge in [-0.2, -0.15) is 0 Å². The van der Waals surface area contributed by atoms with Crippen molar-refractivity contribution in [3.05, 3.63) is 0 Å². The molecule has 2 saturated heterocycles. The first-order valence-corrected chi connectivity index (χ1v) is 7.86. The maximum atomic E-state index is 6.13. The first kappa shape index (κ1) is 14.3. The van der Waals surface area contributed by atoms with E-state index in [0.29, 0.717) is 12.2 Å². The van der Waals surface area contributed by atoms with Crippen LogP contribution >= 0.6 is 0 Å². The molecule has 2 fully saturated rings. The Balaban J connectivity index is 1.67. The molecule has 2 aliphatic rings. The van der Waals surface area contributed by atoms with Gasteiger partial charge in [0, 0.05) is 13.1 Å². The van der Waals surface area contributed by atoms with Crippen LogP contribution in [-0.2, 0) is 4.74 Å². The second kappa shape index (κ2) is 7.46. The highest BCUT2D eigenvalue weighted by atomic mass is 16.5. The summed E-state index contributed by atoms with van der Waals surface area (Å²) in [7, 11) is 0. The number of hydrogen-bond donors (Lipinski definition) is 1. The van der Waals surface area contributed by atoms with Crippen molar-refractivity contribution >= 4 is 0 Å². The van der Waals surface area contributed by atoms with Gasteiger partial charge in [0.05, 0.1) is 12.2 Å². The third kappa shape index (κ3) is 4.52. The van der Waals surface area contributed by atoms with E-state index >= 15 is 0 Å². The molecule has 18 heavy (non-hydrogen) atoms. The van der Waals surface area contributed by atoms with Gasteiger partial charge in [-0.05, 0) is 57.7 Å². The van der Waals surface area contributed by atoms with Crippen LogP contribution in [-0.4, -0.2) is 49.8 Å². The first-order chi connectivity index (χ1) is 8.78. The zero-order valence-electron chi connectivity index (χ0n) is 12.2. The maximum Gasteiger partial charge on any atom is 0.0707 e. The summed E-state index contributed by atoms with van der Waals surface area (Å²) in [5.74, 6) is 0.918. The highest BCUT2D eigenvalue weighted by Crippen LogP contribution is 2.22. The van der Waals surface area contributed by atoms with E-state index in [0.717, 1.165) is 25.6 Å². The predicted molar refractivity (Wildman–Crippen MR) is 75.9 cm³/mol. The lowest BCUT2D eigenvalue weighted by Gasteiger charge is -2.24. The number of ether oxygens (including phenoxy) is 1. The molecule has 2 heterocycles. The van der Waals surface area contributed by atoms with Crippen molar-refractivity contribution in [3.63, 3.8) is 0 Å². The van der Waals surface area contributed by atoms with Crippen molar-refractivity contribution < 1.29 is 4.74 Å². The van der Waals surface area contributed by atoms with E-state index < -0.39 is 0 Å². The summed E-state index contributed by atoms with van der Waals surface area (Å²) >= 11 is 0. The van der Waals surface area contributed by atoms with Gasteiger partial charge in [0.15, 0.2) is 0 Å². The maximum absolute atomic E-state index is 6.13. The van der Waals surface area contributed by atoms with Crippen molar-refractivity contribution in [1.29, 1.82) is 0 Å². The molecule has 2 aliphatic heterocycles. The molecule has 2 rings (SSSR count). The largest absolute Gasteiger partial charge is 0.372 e. The molecule has 3 heteroatoms. The fourth-order valence-corrected chi connectivity index (χ4v) is 3.16. The van der Waals surface area contributed by atoms with Crippen molar-refractivity contribution in [1.82, 2.24) is 10.2 Å². The van der Waals surface area contributed by atoms with Crippen LogP contribution in [0.15, 0.2) is 0 Å². The molecule has 0 saturated carbocycles. The van der Waals surface area contributed by atoms with E-state index in [1.807, 2.05) is 0 Å². The Hall–Kier alpha value is -0.120. The second-order valence-corrected chi connectivity index (χ2v) is 6.10. The van der Waals surface area contributed by atoms with Gasteiger partial charge in [-0.3, -0.25) is 0 Å². The smallest absolute Gasteiger partial charge is 0.0707 e. The highest BCUT2D eigenvalue weighted by molar-refractivity contribution is 4.79. The molecule has 106 valence electrons. The van der Waals surface area contributed by atoms with Gasteiger partial charge >= 0.3 is 0 Å². The Morgan fingerprint density at radius 2 is 1.94 bits per heavy atom. The predicted octanol–water partition coefficient (Wildman–Crippen LogP) is 2.27. The van der Waals surface area contributed by atoms with E-state index in [-0.39, 0.29) is 0 Å². The van der Waals surface area contributed by atoms with Crippen molar-refractivity contribution in [2.75, 3.05) is 32.7 Å².